The highest BCUT2D eigenvalue weighted by Gasteiger charge is 1.87. The Morgan fingerprint density at radius 3 is 1.22 bits per heavy atom. The van der Waals surface area contributed by atoms with Crippen molar-refractivity contribution in [1.82, 2.24) is 0 Å². The average Bonchev–Trinajstić information content (AvgIpc) is 1.19. The van der Waals surface area contributed by atoms with Crippen molar-refractivity contribution in [2.45, 2.75) is 4.30 Å². The summed E-state index contributed by atoms with van der Waals surface area (Å²) in [5.74, 6) is 0. The van der Waals surface area contributed by atoms with Crippen LogP contribution in [-0.2, 0) is 11.8 Å². The lowest BCUT2D eigenvalue weighted by Crippen LogP contribution is -1.55. The van der Waals surface area contributed by atoms with E-state index in [1.54, 1.807) is 0 Å². The molecule has 0 amide bonds. The highest BCUT2D eigenvalue weighted by molar-refractivity contribution is 8.26. The van der Waals surface area contributed by atoms with Crippen LogP contribution in [0.2, 0.25) is 0 Å². The van der Waals surface area contributed by atoms with E-state index in [0.29, 0.717) is 0 Å². The van der Waals surface area contributed by atoms with Crippen molar-refractivity contribution < 1.29 is 0 Å². The molecule has 0 aromatic carbocycles. The highest BCUT2D eigenvalue weighted by atomic mass is 35.7. The van der Waals surface area contributed by atoms with Gasteiger partial charge in [-0.05, 0) is 13.3 Å². The second-order valence-corrected chi connectivity index (χ2v) is 11.8. The van der Waals surface area contributed by atoms with Gasteiger partial charge in [-0.15, -0.1) is 0 Å². The van der Waals surface area contributed by atoms with Crippen LogP contribution in [0, 0.1) is 0 Å². The first-order valence-electron chi connectivity index (χ1n) is 1.90. The Morgan fingerprint density at radius 1 is 1.22 bits per heavy atom. The van der Waals surface area contributed by atoms with Crippen molar-refractivity contribution in [2.24, 2.45) is 0 Å². The van der Waals surface area contributed by atoms with Gasteiger partial charge in [-0.25, -0.2) is 0 Å². The predicted molar refractivity (Wildman–Crippen MR) is 53.3 cm³/mol. The quantitative estimate of drug-likeness (QED) is 0.463. The lowest BCUT2D eigenvalue weighted by molar-refractivity contribution is 1.96. The first-order chi connectivity index (χ1) is 3.73. The Kier molecular flexibility index (Phi) is 9.70. The molecule has 0 saturated carbocycles. The van der Waals surface area contributed by atoms with Crippen molar-refractivity contribution in [3.05, 3.63) is 0 Å². The van der Waals surface area contributed by atoms with Crippen LogP contribution in [0.3, 0.4) is 0 Å². The van der Waals surface area contributed by atoms with E-state index in [1.165, 1.54) is 0 Å². The minimum atomic E-state index is -1.33. The smallest absolute Gasteiger partial charge is 0.0874 e. The summed E-state index contributed by atoms with van der Waals surface area (Å²) in [5.41, 5.74) is 0. The van der Waals surface area contributed by atoms with E-state index < -0.39 is 9.69 Å². The van der Waals surface area contributed by atoms with Gasteiger partial charge in [0, 0.05) is 5.39 Å². The molecule has 0 aliphatic rings. The molecule has 0 radical (unpaired) electrons. The van der Waals surface area contributed by atoms with Gasteiger partial charge >= 0.3 is 0 Å². The molecule has 0 aliphatic carbocycles. The first-order valence-corrected chi connectivity index (χ1v) is 7.81. The SMILES string of the molecule is CP(C)(=S)Cl.ClC(Cl)Cl. The van der Waals surface area contributed by atoms with Crippen LogP contribution in [0.15, 0.2) is 0 Å². The van der Waals surface area contributed by atoms with E-state index in [9.17, 15) is 0 Å². The zero-order chi connectivity index (χ0) is 8.08. The summed E-state index contributed by atoms with van der Waals surface area (Å²) in [4.78, 5) is 0. The highest BCUT2D eigenvalue weighted by Crippen LogP contribution is 2.41. The third-order valence-electron chi connectivity index (χ3n) is 0. The monoisotopic (exact) mass is 246 g/mol. The van der Waals surface area contributed by atoms with Crippen molar-refractivity contribution >= 4 is 63.2 Å². The standard InChI is InChI=1S/C2H6ClPS.CHCl3/c1-4(2,3)5;2-1(3)4/h1-2H3;1H. The lowest BCUT2D eigenvalue weighted by atomic mass is 11.9. The third-order valence-corrected chi connectivity index (χ3v) is 0. The average molecular weight is 248 g/mol. The lowest BCUT2D eigenvalue weighted by Gasteiger charge is -1.88. The molecule has 58 valence electrons. The van der Waals surface area contributed by atoms with Gasteiger partial charge < -0.3 is 0 Å². The number of hydrogen-bond donors (Lipinski definition) is 0. The van der Waals surface area contributed by atoms with Crippen molar-refractivity contribution in [3.8, 4) is 0 Å². The zero-order valence-corrected chi connectivity index (χ0v) is 9.68. The Morgan fingerprint density at radius 2 is 1.22 bits per heavy atom. The topological polar surface area (TPSA) is 0 Å². The normalized spacial score (nSPS) is 10.6. The van der Waals surface area contributed by atoms with Crippen LogP contribution in [0.4, 0.5) is 0 Å². The maximum atomic E-state index is 5.46. The van der Waals surface area contributed by atoms with Gasteiger partial charge in [0.2, 0.25) is 0 Å². The summed E-state index contributed by atoms with van der Waals surface area (Å²) in [6.45, 7) is 3.76. The minimum absolute atomic E-state index is 0.750. The fourth-order valence-corrected chi connectivity index (χ4v) is 0. The fraction of sp³-hybridized carbons (Fsp3) is 1.00. The van der Waals surface area contributed by atoms with E-state index >= 15 is 0 Å². The Balaban J connectivity index is 0. The molecule has 0 aliphatic heterocycles. The molecule has 0 unspecified atom stereocenters. The summed E-state index contributed by atoms with van der Waals surface area (Å²) < 4.78 is -0.750. The molecule has 9 heavy (non-hydrogen) atoms. The summed E-state index contributed by atoms with van der Waals surface area (Å²) in [5, 5.41) is -1.33. The van der Waals surface area contributed by atoms with E-state index in [-0.39, 0.29) is 0 Å². The van der Waals surface area contributed by atoms with Crippen LogP contribution >= 0.6 is 51.4 Å². The molecule has 0 aromatic heterocycles. The third kappa shape index (κ3) is 183. The van der Waals surface area contributed by atoms with E-state index in [2.05, 4.69) is 0 Å². The van der Waals surface area contributed by atoms with Crippen molar-refractivity contribution in [3.63, 3.8) is 0 Å². The maximum Gasteiger partial charge on any atom is 0.180 e. The molecule has 0 heterocycles. The zero-order valence-electron chi connectivity index (χ0n) is 4.94. The number of halogens is 4. The molecule has 6 heteroatoms. The summed E-state index contributed by atoms with van der Waals surface area (Å²) >= 11 is 24.6. The Labute approximate surface area is 80.6 Å². The van der Waals surface area contributed by atoms with Crippen LogP contribution in [0.5, 0.6) is 0 Å². The molecule has 0 rings (SSSR count). The second kappa shape index (κ2) is 6.52. The van der Waals surface area contributed by atoms with Gasteiger partial charge in [-0.3, -0.25) is 0 Å². The summed E-state index contributed by atoms with van der Waals surface area (Å²) in [6.07, 6.45) is 0. The van der Waals surface area contributed by atoms with E-state index in [0.717, 1.165) is 0 Å². The van der Waals surface area contributed by atoms with Crippen molar-refractivity contribution in [2.75, 3.05) is 13.3 Å². The number of rotatable bonds is 0. The largest absolute Gasteiger partial charge is 0.180 e. The first kappa shape index (κ1) is 13.4. The van der Waals surface area contributed by atoms with Gasteiger partial charge in [0.25, 0.3) is 0 Å². The van der Waals surface area contributed by atoms with Crippen LogP contribution in [-0.4, -0.2) is 17.6 Å². The van der Waals surface area contributed by atoms with E-state index in [1.807, 2.05) is 13.3 Å². The van der Waals surface area contributed by atoms with E-state index in [4.69, 9.17) is 57.9 Å². The minimum Gasteiger partial charge on any atom is -0.0874 e. The predicted octanol–water partition coefficient (Wildman–Crippen LogP) is 3.87. The van der Waals surface area contributed by atoms with Gasteiger partial charge in [0.1, 0.15) is 0 Å². The molecule has 0 bridgehead atoms. The molecule has 0 aromatic rings. The molecule has 0 atom stereocenters. The Hall–Kier alpha value is 1.81. The second-order valence-electron chi connectivity index (χ2n) is 1.47. The van der Waals surface area contributed by atoms with Gasteiger partial charge in [-0.2, -0.15) is 0 Å². The van der Waals surface area contributed by atoms with Crippen molar-refractivity contribution in [1.29, 1.82) is 0 Å². The van der Waals surface area contributed by atoms with Gasteiger partial charge in [0.05, 0.1) is 0 Å². The molecular weight excluding hydrogens is 241 g/mol. The molecular formula is C3H7Cl4PS. The van der Waals surface area contributed by atoms with Crippen LogP contribution in [0.25, 0.3) is 0 Å². The summed E-state index contributed by atoms with van der Waals surface area (Å²) in [6, 6.07) is 0. The van der Waals surface area contributed by atoms with Crippen LogP contribution in [0.1, 0.15) is 0 Å². The molecule has 0 saturated heterocycles. The maximum absolute atomic E-state index is 5.46. The molecule has 0 spiro atoms. The van der Waals surface area contributed by atoms with Gasteiger partial charge in [-0.1, -0.05) is 57.9 Å². The fourth-order valence-electron chi connectivity index (χ4n) is 0. The summed E-state index contributed by atoms with van der Waals surface area (Å²) in [7, 11) is 0. The molecule has 0 fully saturated rings. The molecule has 0 nitrogen and oxygen atoms in total. The number of alkyl halides is 3. The number of hydrogen-bond acceptors (Lipinski definition) is 1. The van der Waals surface area contributed by atoms with Crippen LogP contribution < -0.4 is 0 Å². The molecule has 0 N–H and O–H groups in total. The Bertz CT molecular complexity index is 87.0. The van der Waals surface area contributed by atoms with Gasteiger partial charge in [0.15, 0.2) is 4.30 Å².